The van der Waals surface area contributed by atoms with Gasteiger partial charge in [0.05, 0.1) is 0 Å². The lowest BCUT2D eigenvalue weighted by Gasteiger charge is -2.16. The van der Waals surface area contributed by atoms with E-state index < -0.39 is 0 Å². The van der Waals surface area contributed by atoms with E-state index in [1.165, 1.54) is 6.92 Å². The Kier molecular flexibility index (Phi) is 4.48. The molecule has 4 nitrogen and oxygen atoms in total. The number of benzene rings is 1. The molecule has 1 aromatic carbocycles. The summed E-state index contributed by atoms with van der Waals surface area (Å²) in [6, 6.07) is 11.3. The lowest BCUT2D eigenvalue weighted by Crippen LogP contribution is -2.24. The standard InChI is InChI=1S/C17H18N2O2/c1-4-17(21)19(3)15-8-5-13(6-9-15)14-7-10-16(12(2)20)18-11-14/h5-11H,4H2,1-3H3. The summed E-state index contributed by atoms with van der Waals surface area (Å²) in [5.74, 6) is 0.0341. The molecule has 21 heavy (non-hydrogen) atoms. The van der Waals surface area contributed by atoms with Crippen LogP contribution in [0.4, 0.5) is 5.69 Å². The third kappa shape index (κ3) is 3.34. The first-order chi connectivity index (χ1) is 10.0. The molecule has 1 amide bonds. The molecule has 0 saturated heterocycles. The van der Waals surface area contributed by atoms with Gasteiger partial charge < -0.3 is 4.90 Å². The van der Waals surface area contributed by atoms with E-state index in [4.69, 9.17) is 0 Å². The van der Waals surface area contributed by atoms with E-state index in [0.29, 0.717) is 12.1 Å². The highest BCUT2D eigenvalue weighted by molar-refractivity contribution is 5.93. The molecule has 0 unspecified atom stereocenters. The average molecular weight is 282 g/mol. The fourth-order valence-corrected chi connectivity index (χ4v) is 2.03. The molecule has 0 aliphatic carbocycles. The van der Waals surface area contributed by atoms with Gasteiger partial charge in [-0.1, -0.05) is 25.1 Å². The highest BCUT2D eigenvalue weighted by Crippen LogP contribution is 2.22. The van der Waals surface area contributed by atoms with Crippen molar-refractivity contribution in [1.82, 2.24) is 4.98 Å². The Labute approximate surface area is 124 Å². The summed E-state index contributed by atoms with van der Waals surface area (Å²) >= 11 is 0. The second-order valence-electron chi connectivity index (χ2n) is 4.84. The molecule has 0 aliphatic rings. The number of aromatic nitrogens is 1. The summed E-state index contributed by atoms with van der Waals surface area (Å²) in [4.78, 5) is 28.6. The first-order valence-electron chi connectivity index (χ1n) is 6.87. The first kappa shape index (κ1) is 14.9. The quantitative estimate of drug-likeness (QED) is 0.808. The summed E-state index contributed by atoms with van der Waals surface area (Å²) < 4.78 is 0. The van der Waals surface area contributed by atoms with Gasteiger partial charge in [-0.05, 0) is 23.8 Å². The van der Waals surface area contributed by atoms with Gasteiger partial charge in [0.25, 0.3) is 0 Å². The molecular weight excluding hydrogens is 264 g/mol. The first-order valence-corrected chi connectivity index (χ1v) is 6.87. The van der Waals surface area contributed by atoms with E-state index in [0.717, 1.165) is 16.8 Å². The predicted octanol–water partition coefficient (Wildman–Crippen LogP) is 3.32. The number of nitrogens with zero attached hydrogens (tertiary/aromatic N) is 2. The van der Waals surface area contributed by atoms with Crippen LogP contribution < -0.4 is 4.90 Å². The second kappa shape index (κ2) is 6.31. The number of hydrogen-bond acceptors (Lipinski definition) is 3. The number of hydrogen-bond donors (Lipinski definition) is 0. The molecule has 2 aromatic rings. The maximum Gasteiger partial charge on any atom is 0.226 e. The van der Waals surface area contributed by atoms with Crippen molar-refractivity contribution in [3.63, 3.8) is 0 Å². The Bertz CT molecular complexity index is 645. The Morgan fingerprint density at radius 3 is 2.14 bits per heavy atom. The molecule has 1 aromatic heterocycles. The van der Waals surface area contributed by atoms with Gasteiger partial charge in [0, 0.05) is 37.8 Å². The van der Waals surface area contributed by atoms with Crippen molar-refractivity contribution in [2.24, 2.45) is 0 Å². The Morgan fingerprint density at radius 2 is 1.67 bits per heavy atom. The molecule has 1 heterocycles. The van der Waals surface area contributed by atoms with Crippen molar-refractivity contribution in [2.45, 2.75) is 20.3 Å². The van der Waals surface area contributed by atoms with E-state index in [-0.39, 0.29) is 11.7 Å². The number of ketones is 1. The molecule has 108 valence electrons. The van der Waals surface area contributed by atoms with Crippen LogP contribution in [0, 0.1) is 0 Å². The molecular formula is C17H18N2O2. The Hall–Kier alpha value is -2.49. The SMILES string of the molecule is CCC(=O)N(C)c1ccc(-c2ccc(C(C)=O)nc2)cc1. The molecule has 0 saturated carbocycles. The van der Waals surface area contributed by atoms with Crippen molar-refractivity contribution >= 4 is 17.4 Å². The summed E-state index contributed by atoms with van der Waals surface area (Å²) in [6.07, 6.45) is 2.17. The van der Waals surface area contributed by atoms with Gasteiger partial charge in [0.1, 0.15) is 5.69 Å². The number of carbonyl (C=O) groups excluding carboxylic acids is 2. The van der Waals surface area contributed by atoms with Crippen LogP contribution in [0.15, 0.2) is 42.6 Å². The lowest BCUT2D eigenvalue weighted by molar-refractivity contribution is -0.118. The fraction of sp³-hybridized carbons (Fsp3) is 0.235. The van der Waals surface area contributed by atoms with Gasteiger partial charge in [-0.3, -0.25) is 14.6 Å². The van der Waals surface area contributed by atoms with Crippen LogP contribution in [0.5, 0.6) is 0 Å². The average Bonchev–Trinajstić information content (AvgIpc) is 2.53. The molecule has 0 bridgehead atoms. The van der Waals surface area contributed by atoms with E-state index in [1.54, 1.807) is 24.2 Å². The molecule has 0 N–H and O–H groups in total. The Morgan fingerprint density at radius 1 is 1.05 bits per heavy atom. The zero-order chi connectivity index (χ0) is 15.4. The normalized spacial score (nSPS) is 10.2. The summed E-state index contributed by atoms with van der Waals surface area (Å²) in [7, 11) is 1.77. The van der Waals surface area contributed by atoms with Crippen molar-refractivity contribution in [1.29, 1.82) is 0 Å². The summed E-state index contributed by atoms with van der Waals surface area (Å²) in [5.41, 5.74) is 3.26. The largest absolute Gasteiger partial charge is 0.316 e. The van der Waals surface area contributed by atoms with Crippen molar-refractivity contribution in [2.75, 3.05) is 11.9 Å². The van der Waals surface area contributed by atoms with Gasteiger partial charge in [-0.2, -0.15) is 0 Å². The number of amides is 1. The van der Waals surface area contributed by atoms with Crippen LogP contribution in [0.3, 0.4) is 0 Å². The number of Topliss-reactive ketones (excluding diaryl/α,β-unsaturated/α-hetero) is 1. The van der Waals surface area contributed by atoms with E-state index in [2.05, 4.69) is 4.98 Å². The lowest BCUT2D eigenvalue weighted by atomic mass is 10.1. The second-order valence-corrected chi connectivity index (χ2v) is 4.84. The van der Waals surface area contributed by atoms with Crippen LogP contribution in [-0.4, -0.2) is 23.7 Å². The van der Waals surface area contributed by atoms with Crippen molar-refractivity contribution in [3.8, 4) is 11.1 Å². The van der Waals surface area contributed by atoms with Gasteiger partial charge in [-0.25, -0.2) is 0 Å². The molecule has 0 spiro atoms. The van der Waals surface area contributed by atoms with Gasteiger partial charge in [0.2, 0.25) is 5.91 Å². The summed E-state index contributed by atoms with van der Waals surface area (Å²) in [5, 5.41) is 0. The minimum Gasteiger partial charge on any atom is -0.316 e. The Balaban J connectivity index is 2.22. The number of anilines is 1. The highest BCUT2D eigenvalue weighted by Gasteiger charge is 2.08. The fourth-order valence-electron chi connectivity index (χ4n) is 2.03. The predicted molar refractivity (Wildman–Crippen MR) is 83.4 cm³/mol. The van der Waals surface area contributed by atoms with Crippen LogP contribution >= 0.6 is 0 Å². The molecule has 0 radical (unpaired) electrons. The van der Waals surface area contributed by atoms with E-state index in [1.807, 2.05) is 37.3 Å². The topological polar surface area (TPSA) is 50.3 Å². The van der Waals surface area contributed by atoms with Crippen LogP contribution in [0.25, 0.3) is 11.1 Å². The molecule has 0 aliphatic heterocycles. The zero-order valence-electron chi connectivity index (χ0n) is 12.5. The van der Waals surface area contributed by atoms with Crippen LogP contribution in [-0.2, 0) is 4.79 Å². The highest BCUT2D eigenvalue weighted by atomic mass is 16.2. The maximum absolute atomic E-state index is 11.7. The third-order valence-corrected chi connectivity index (χ3v) is 3.39. The van der Waals surface area contributed by atoms with E-state index >= 15 is 0 Å². The van der Waals surface area contributed by atoms with Crippen LogP contribution in [0.2, 0.25) is 0 Å². The number of carbonyl (C=O) groups is 2. The smallest absolute Gasteiger partial charge is 0.226 e. The molecule has 4 heteroatoms. The number of rotatable bonds is 4. The van der Waals surface area contributed by atoms with Gasteiger partial charge >= 0.3 is 0 Å². The third-order valence-electron chi connectivity index (χ3n) is 3.39. The molecule has 0 atom stereocenters. The minimum atomic E-state index is -0.0448. The molecule has 2 rings (SSSR count). The van der Waals surface area contributed by atoms with Crippen molar-refractivity contribution in [3.05, 3.63) is 48.3 Å². The monoisotopic (exact) mass is 282 g/mol. The zero-order valence-corrected chi connectivity index (χ0v) is 12.5. The van der Waals surface area contributed by atoms with Crippen LogP contribution in [0.1, 0.15) is 30.8 Å². The maximum atomic E-state index is 11.7. The van der Waals surface area contributed by atoms with Crippen molar-refractivity contribution < 1.29 is 9.59 Å². The minimum absolute atomic E-state index is 0.0448. The van der Waals surface area contributed by atoms with Gasteiger partial charge in [-0.15, -0.1) is 0 Å². The van der Waals surface area contributed by atoms with Gasteiger partial charge in [0.15, 0.2) is 5.78 Å². The van der Waals surface area contributed by atoms with E-state index in [9.17, 15) is 9.59 Å². The summed E-state index contributed by atoms with van der Waals surface area (Å²) in [6.45, 7) is 3.34. The molecule has 0 fully saturated rings. The number of pyridine rings is 1.